The number of rotatable bonds is 8. The van der Waals surface area contributed by atoms with E-state index in [2.05, 4.69) is 28.3 Å². The van der Waals surface area contributed by atoms with Gasteiger partial charge < -0.3 is 0 Å². The molecule has 1 aromatic rings. The van der Waals surface area contributed by atoms with Gasteiger partial charge in [0.25, 0.3) is 0 Å². The van der Waals surface area contributed by atoms with Crippen LogP contribution >= 0.6 is 15.9 Å². The highest BCUT2D eigenvalue weighted by Gasteiger charge is 2.15. The Hall–Kier alpha value is -0.450. The summed E-state index contributed by atoms with van der Waals surface area (Å²) in [5, 5.41) is 0. The Bertz CT molecular complexity index is 358. The largest absolute Gasteiger partial charge is 0.271 e. The van der Waals surface area contributed by atoms with E-state index in [1.807, 2.05) is 6.07 Å². The van der Waals surface area contributed by atoms with Gasteiger partial charge in [-0.05, 0) is 28.4 Å². The van der Waals surface area contributed by atoms with Crippen LogP contribution in [-0.2, 0) is 0 Å². The molecule has 1 rings (SSSR count). The molecule has 1 aromatic carbocycles. The highest BCUT2D eigenvalue weighted by Crippen LogP contribution is 2.26. The van der Waals surface area contributed by atoms with Gasteiger partial charge >= 0.3 is 0 Å². The SMILES string of the molecule is CCCCCCCC(NN)c1cccc(Br)c1F. The molecule has 1 atom stereocenters. The van der Waals surface area contributed by atoms with Crippen LogP contribution in [0.1, 0.15) is 57.1 Å². The fourth-order valence-corrected chi connectivity index (χ4v) is 2.45. The Labute approximate surface area is 117 Å². The molecule has 0 bridgehead atoms. The van der Waals surface area contributed by atoms with Gasteiger partial charge in [0.15, 0.2) is 0 Å². The summed E-state index contributed by atoms with van der Waals surface area (Å²) in [5.41, 5.74) is 3.36. The van der Waals surface area contributed by atoms with Crippen molar-refractivity contribution < 1.29 is 4.39 Å². The zero-order valence-electron chi connectivity index (χ0n) is 10.9. The number of halogens is 2. The van der Waals surface area contributed by atoms with E-state index in [1.54, 1.807) is 12.1 Å². The van der Waals surface area contributed by atoms with Crippen molar-refractivity contribution in [3.8, 4) is 0 Å². The van der Waals surface area contributed by atoms with Crippen molar-refractivity contribution in [1.82, 2.24) is 5.43 Å². The van der Waals surface area contributed by atoms with E-state index in [-0.39, 0.29) is 11.9 Å². The molecule has 102 valence electrons. The van der Waals surface area contributed by atoms with Crippen LogP contribution in [0.3, 0.4) is 0 Å². The highest BCUT2D eigenvalue weighted by molar-refractivity contribution is 9.10. The van der Waals surface area contributed by atoms with E-state index in [1.165, 1.54) is 25.7 Å². The third-order valence-electron chi connectivity index (χ3n) is 3.15. The number of hydrazine groups is 1. The molecular weight excluding hydrogens is 295 g/mol. The minimum absolute atomic E-state index is 0.107. The van der Waals surface area contributed by atoms with Crippen molar-refractivity contribution in [3.63, 3.8) is 0 Å². The van der Waals surface area contributed by atoms with E-state index >= 15 is 0 Å². The van der Waals surface area contributed by atoms with Gasteiger partial charge in [-0.1, -0.05) is 51.2 Å². The lowest BCUT2D eigenvalue weighted by atomic mass is 10.00. The van der Waals surface area contributed by atoms with Crippen LogP contribution in [0.15, 0.2) is 22.7 Å². The van der Waals surface area contributed by atoms with Gasteiger partial charge in [-0.25, -0.2) is 4.39 Å². The summed E-state index contributed by atoms with van der Waals surface area (Å²) in [6.45, 7) is 2.20. The normalized spacial score (nSPS) is 12.7. The Morgan fingerprint density at radius 3 is 2.67 bits per heavy atom. The zero-order valence-corrected chi connectivity index (χ0v) is 12.5. The maximum absolute atomic E-state index is 13.9. The Morgan fingerprint density at radius 2 is 2.00 bits per heavy atom. The molecule has 0 fully saturated rings. The van der Waals surface area contributed by atoms with Crippen LogP contribution in [0.5, 0.6) is 0 Å². The van der Waals surface area contributed by atoms with Gasteiger partial charge in [0.05, 0.1) is 4.47 Å². The van der Waals surface area contributed by atoms with Crippen LogP contribution in [-0.4, -0.2) is 0 Å². The van der Waals surface area contributed by atoms with E-state index in [9.17, 15) is 4.39 Å². The maximum Gasteiger partial charge on any atom is 0.142 e. The molecule has 3 N–H and O–H groups in total. The second-order valence-electron chi connectivity index (χ2n) is 4.57. The molecule has 0 aliphatic rings. The number of hydrogen-bond donors (Lipinski definition) is 2. The van der Waals surface area contributed by atoms with Gasteiger partial charge in [-0.3, -0.25) is 11.3 Å². The molecule has 0 spiro atoms. The quantitative estimate of drug-likeness (QED) is 0.422. The molecule has 0 saturated heterocycles. The van der Waals surface area contributed by atoms with Crippen molar-refractivity contribution in [3.05, 3.63) is 34.1 Å². The predicted molar refractivity (Wildman–Crippen MR) is 77.5 cm³/mol. The molecule has 0 amide bonds. The molecule has 0 aliphatic heterocycles. The summed E-state index contributed by atoms with van der Waals surface area (Å²) in [6, 6.07) is 5.22. The van der Waals surface area contributed by atoms with E-state index in [0.717, 1.165) is 12.8 Å². The van der Waals surface area contributed by atoms with Crippen LogP contribution in [0.4, 0.5) is 4.39 Å². The smallest absolute Gasteiger partial charge is 0.142 e. The Balaban J connectivity index is 2.52. The van der Waals surface area contributed by atoms with E-state index in [4.69, 9.17) is 5.84 Å². The number of nitrogens with two attached hydrogens (primary N) is 1. The number of unbranched alkanes of at least 4 members (excludes halogenated alkanes) is 4. The minimum Gasteiger partial charge on any atom is -0.271 e. The van der Waals surface area contributed by atoms with E-state index < -0.39 is 0 Å². The lowest BCUT2D eigenvalue weighted by Crippen LogP contribution is -2.28. The average molecular weight is 317 g/mol. The molecule has 0 heterocycles. The lowest BCUT2D eigenvalue weighted by Gasteiger charge is -2.17. The topological polar surface area (TPSA) is 38.0 Å². The van der Waals surface area contributed by atoms with Crippen LogP contribution in [0.2, 0.25) is 0 Å². The standard InChI is InChI=1S/C14H22BrFN2/c1-2-3-4-5-6-10-13(18-17)11-8-7-9-12(15)14(11)16/h7-9,13,18H,2-6,10,17H2,1H3. The lowest BCUT2D eigenvalue weighted by molar-refractivity contribution is 0.457. The summed E-state index contributed by atoms with van der Waals surface area (Å²) in [7, 11) is 0. The number of nitrogens with one attached hydrogen (secondary N) is 1. The summed E-state index contributed by atoms with van der Waals surface area (Å²) in [6.07, 6.45) is 6.87. The molecule has 4 heteroatoms. The third-order valence-corrected chi connectivity index (χ3v) is 3.77. The molecule has 0 aromatic heterocycles. The number of benzene rings is 1. The summed E-state index contributed by atoms with van der Waals surface area (Å²) in [5.74, 6) is 5.32. The first kappa shape index (κ1) is 15.6. The van der Waals surface area contributed by atoms with Crippen molar-refractivity contribution in [2.75, 3.05) is 0 Å². The monoisotopic (exact) mass is 316 g/mol. The molecule has 1 unspecified atom stereocenters. The van der Waals surface area contributed by atoms with Gasteiger partial charge in [0.2, 0.25) is 0 Å². The van der Waals surface area contributed by atoms with Crippen molar-refractivity contribution >= 4 is 15.9 Å². The van der Waals surface area contributed by atoms with E-state index in [0.29, 0.717) is 10.0 Å². The first-order valence-electron chi connectivity index (χ1n) is 6.60. The van der Waals surface area contributed by atoms with Gasteiger partial charge in [-0.2, -0.15) is 0 Å². The van der Waals surface area contributed by atoms with Gasteiger partial charge in [-0.15, -0.1) is 0 Å². The van der Waals surface area contributed by atoms with Crippen LogP contribution in [0, 0.1) is 5.82 Å². The zero-order chi connectivity index (χ0) is 13.4. The van der Waals surface area contributed by atoms with Crippen molar-refractivity contribution in [2.45, 2.75) is 51.5 Å². The maximum atomic E-state index is 13.9. The summed E-state index contributed by atoms with van der Waals surface area (Å²) < 4.78 is 14.4. The third kappa shape index (κ3) is 4.67. The average Bonchev–Trinajstić information content (AvgIpc) is 2.38. The highest BCUT2D eigenvalue weighted by atomic mass is 79.9. The summed E-state index contributed by atoms with van der Waals surface area (Å²) in [4.78, 5) is 0. The number of hydrogen-bond acceptors (Lipinski definition) is 2. The molecule has 0 saturated carbocycles. The summed E-state index contributed by atoms with van der Waals surface area (Å²) >= 11 is 3.20. The molecule has 0 radical (unpaired) electrons. The molecule has 18 heavy (non-hydrogen) atoms. The Morgan fingerprint density at radius 1 is 1.28 bits per heavy atom. The van der Waals surface area contributed by atoms with Crippen molar-refractivity contribution in [2.24, 2.45) is 5.84 Å². The fraction of sp³-hybridized carbons (Fsp3) is 0.571. The first-order chi connectivity index (χ1) is 8.70. The van der Waals surface area contributed by atoms with Gasteiger partial charge in [0.1, 0.15) is 5.82 Å². The van der Waals surface area contributed by atoms with Crippen LogP contribution < -0.4 is 11.3 Å². The minimum atomic E-state index is -0.214. The van der Waals surface area contributed by atoms with Gasteiger partial charge in [0, 0.05) is 11.6 Å². The molecular formula is C14H22BrFN2. The second kappa shape index (κ2) is 8.62. The van der Waals surface area contributed by atoms with Crippen molar-refractivity contribution in [1.29, 1.82) is 0 Å². The van der Waals surface area contributed by atoms with Crippen LogP contribution in [0.25, 0.3) is 0 Å². The molecule has 0 aliphatic carbocycles. The first-order valence-corrected chi connectivity index (χ1v) is 7.40. The predicted octanol–water partition coefficient (Wildman–Crippen LogP) is 4.45. The Kier molecular flexibility index (Phi) is 7.47. The fourth-order valence-electron chi connectivity index (χ4n) is 2.07. The molecule has 2 nitrogen and oxygen atoms in total. The second-order valence-corrected chi connectivity index (χ2v) is 5.42.